The molecule has 0 saturated carbocycles. The van der Waals surface area contributed by atoms with Crippen molar-refractivity contribution in [2.75, 3.05) is 6.61 Å². The normalized spacial score (nSPS) is 10.7. The van der Waals surface area contributed by atoms with Crippen molar-refractivity contribution in [2.24, 2.45) is 0 Å². The second-order valence-electron chi connectivity index (χ2n) is 4.71. The van der Waals surface area contributed by atoms with Crippen LogP contribution >= 0.6 is 0 Å². The maximum Gasteiger partial charge on any atom is 0.307 e. The van der Waals surface area contributed by atoms with Crippen LogP contribution in [-0.2, 0) is 16.1 Å². The molecule has 0 saturated heterocycles. The van der Waals surface area contributed by atoms with Crippen LogP contribution in [-0.4, -0.2) is 17.1 Å². The molecule has 0 unspecified atom stereocenters. The molecule has 0 atom stereocenters. The van der Waals surface area contributed by atoms with Crippen molar-refractivity contribution in [2.45, 2.75) is 32.7 Å². The number of rotatable bonds is 6. The first kappa shape index (κ1) is 14.3. The summed E-state index contributed by atoms with van der Waals surface area (Å²) in [5.74, 6) is -0.252. The minimum Gasteiger partial charge on any atom is -0.466 e. The van der Waals surface area contributed by atoms with E-state index in [2.05, 4.69) is 0 Å². The van der Waals surface area contributed by atoms with Crippen molar-refractivity contribution >= 4 is 16.9 Å². The summed E-state index contributed by atoms with van der Waals surface area (Å²) in [5.41, 5.74) is 0.756. The largest absolute Gasteiger partial charge is 0.466 e. The van der Waals surface area contributed by atoms with Crippen molar-refractivity contribution in [1.29, 1.82) is 0 Å². The van der Waals surface area contributed by atoms with Crippen molar-refractivity contribution in [3.05, 3.63) is 46.8 Å². The number of aryl methyl sites for hydroxylation is 1. The van der Waals surface area contributed by atoms with Gasteiger partial charge in [0.25, 0.3) is 5.56 Å². The van der Waals surface area contributed by atoms with Crippen LogP contribution in [0, 0.1) is 0 Å². The highest BCUT2D eigenvalue weighted by atomic mass is 16.5. The van der Waals surface area contributed by atoms with Crippen LogP contribution in [0.3, 0.4) is 0 Å². The van der Waals surface area contributed by atoms with Crippen LogP contribution in [0.15, 0.2) is 41.2 Å². The number of fused-ring (bicyclic) bond motifs is 1. The predicted octanol–water partition coefficient (Wildman–Crippen LogP) is 2.73. The summed E-state index contributed by atoms with van der Waals surface area (Å²) in [6.07, 6.45) is 2.09. The second-order valence-corrected chi connectivity index (χ2v) is 4.71. The Balaban J connectivity index is 2.08. The third-order valence-electron chi connectivity index (χ3n) is 3.20. The Kier molecular flexibility index (Phi) is 4.93. The standard InChI is InChI=1S/C16H19NO3/c1-2-3-12-20-16(19)10-11-17-14-7-5-4-6-13(14)8-9-15(17)18/h4-9H,2-3,10-12H2,1H3. The summed E-state index contributed by atoms with van der Waals surface area (Å²) in [6, 6.07) is 11.0. The van der Waals surface area contributed by atoms with Gasteiger partial charge >= 0.3 is 5.97 Å². The third kappa shape index (κ3) is 3.47. The molecule has 1 aromatic carbocycles. The van der Waals surface area contributed by atoms with E-state index < -0.39 is 0 Å². The van der Waals surface area contributed by atoms with Gasteiger partial charge in [-0.2, -0.15) is 0 Å². The number of pyridine rings is 1. The van der Waals surface area contributed by atoms with E-state index in [1.165, 1.54) is 6.07 Å². The number of esters is 1. The summed E-state index contributed by atoms with van der Waals surface area (Å²) in [6.45, 7) is 2.86. The highest BCUT2D eigenvalue weighted by molar-refractivity contribution is 5.79. The Morgan fingerprint density at radius 1 is 1.20 bits per heavy atom. The molecule has 0 bridgehead atoms. The van der Waals surface area contributed by atoms with E-state index in [4.69, 9.17) is 4.74 Å². The molecule has 4 heteroatoms. The Labute approximate surface area is 118 Å². The average molecular weight is 273 g/mol. The fourth-order valence-corrected chi connectivity index (χ4v) is 2.08. The minimum atomic E-state index is -0.252. The molecule has 0 aliphatic rings. The zero-order chi connectivity index (χ0) is 14.4. The Hall–Kier alpha value is -2.10. The average Bonchev–Trinajstić information content (AvgIpc) is 2.46. The monoisotopic (exact) mass is 273 g/mol. The van der Waals surface area contributed by atoms with Crippen molar-refractivity contribution in [3.63, 3.8) is 0 Å². The number of unbranched alkanes of at least 4 members (excludes halogenated alkanes) is 1. The van der Waals surface area contributed by atoms with Crippen molar-refractivity contribution < 1.29 is 9.53 Å². The highest BCUT2D eigenvalue weighted by Crippen LogP contribution is 2.11. The van der Waals surface area contributed by atoms with Crippen molar-refractivity contribution in [1.82, 2.24) is 4.57 Å². The molecule has 0 N–H and O–H groups in total. The number of para-hydroxylation sites is 1. The molecule has 2 aromatic rings. The first-order valence-electron chi connectivity index (χ1n) is 6.96. The van der Waals surface area contributed by atoms with Gasteiger partial charge in [-0.25, -0.2) is 0 Å². The van der Waals surface area contributed by atoms with E-state index in [1.807, 2.05) is 31.2 Å². The molecule has 2 rings (SSSR count). The molecule has 0 aliphatic carbocycles. The second kappa shape index (κ2) is 6.89. The van der Waals surface area contributed by atoms with E-state index in [-0.39, 0.29) is 17.9 Å². The van der Waals surface area contributed by atoms with Crippen LogP contribution in [0.4, 0.5) is 0 Å². The Bertz CT molecular complexity index is 645. The van der Waals surface area contributed by atoms with Gasteiger partial charge in [0.2, 0.25) is 0 Å². The Morgan fingerprint density at radius 2 is 2.00 bits per heavy atom. The quantitative estimate of drug-likeness (QED) is 0.600. The molecule has 0 aliphatic heterocycles. The summed E-state index contributed by atoms with van der Waals surface area (Å²) in [5, 5.41) is 0.992. The summed E-state index contributed by atoms with van der Waals surface area (Å²) in [7, 11) is 0. The number of hydrogen-bond acceptors (Lipinski definition) is 3. The molecule has 1 aromatic heterocycles. The smallest absolute Gasteiger partial charge is 0.307 e. The van der Waals surface area contributed by atoms with Gasteiger partial charge in [-0.05, 0) is 23.9 Å². The van der Waals surface area contributed by atoms with E-state index >= 15 is 0 Å². The van der Waals surface area contributed by atoms with Crippen LogP contribution in [0.5, 0.6) is 0 Å². The number of carbonyl (C=O) groups excluding carboxylic acids is 1. The zero-order valence-electron chi connectivity index (χ0n) is 11.7. The zero-order valence-corrected chi connectivity index (χ0v) is 11.7. The maximum absolute atomic E-state index is 11.9. The fourth-order valence-electron chi connectivity index (χ4n) is 2.08. The van der Waals surface area contributed by atoms with Gasteiger partial charge in [-0.3, -0.25) is 9.59 Å². The minimum absolute atomic E-state index is 0.0925. The molecule has 1 heterocycles. The van der Waals surface area contributed by atoms with E-state index in [1.54, 1.807) is 10.6 Å². The lowest BCUT2D eigenvalue weighted by Gasteiger charge is -2.09. The van der Waals surface area contributed by atoms with Gasteiger partial charge in [0, 0.05) is 12.6 Å². The van der Waals surface area contributed by atoms with Gasteiger partial charge in [0.05, 0.1) is 18.5 Å². The van der Waals surface area contributed by atoms with Gasteiger partial charge in [0.1, 0.15) is 0 Å². The number of aromatic nitrogens is 1. The van der Waals surface area contributed by atoms with Gasteiger partial charge in [0.15, 0.2) is 0 Å². The molecule has 0 amide bonds. The molecule has 0 fully saturated rings. The third-order valence-corrected chi connectivity index (χ3v) is 3.20. The lowest BCUT2D eigenvalue weighted by molar-refractivity contribution is -0.144. The summed E-state index contributed by atoms with van der Waals surface area (Å²) >= 11 is 0. The number of benzene rings is 1. The summed E-state index contributed by atoms with van der Waals surface area (Å²) in [4.78, 5) is 23.5. The van der Waals surface area contributed by atoms with Gasteiger partial charge in [-0.15, -0.1) is 0 Å². The number of hydrogen-bond donors (Lipinski definition) is 0. The van der Waals surface area contributed by atoms with Crippen LogP contribution < -0.4 is 5.56 Å². The number of nitrogens with zero attached hydrogens (tertiary/aromatic N) is 1. The first-order chi connectivity index (χ1) is 9.72. The molecular weight excluding hydrogens is 254 g/mol. The lowest BCUT2D eigenvalue weighted by atomic mass is 10.2. The fraction of sp³-hybridized carbons (Fsp3) is 0.375. The number of ether oxygens (including phenoxy) is 1. The van der Waals surface area contributed by atoms with Crippen LogP contribution in [0.1, 0.15) is 26.2 Å². The molecule has 4 nitrogen and oxygen atoms in total. The summed E-state index contributed by atoms with van der Waals surface area (Å²) < 4.78 is 6.72. The van der Waals surface area contributed by atoms with Crippen LogP contribution in [0.25, 0.3) is 10.9 Å². The van der Waals surface area contributed by atoms with Crippen molar-refractivity contribution in [3.8, 4) is 0 Å². The van der Waals surface area contributed by atoms with Gasteiger partial charge in [-0.1, -0.05) is 31.5 Å². The van der Waals surface area contributed by atoms with Crippen LogP contribution in [0.2, 0.25) is 0 Å². The highest BCUT2D eigenvalue weighted by Gasteiger charge is 2.06. The molecule has 106 valence electrons. The topological polar surface area (TPSA) is 48.3 Å². The Morgan fingerprint density at radius 3 is 2.80 bits per heavy atom. The lowest BCUT2D eigenvalue weighted by Crippen LogP contribution is -2.21. The van der Waals surface area contributed by atoms with E-state index in [9.17, 15) is 9.59 Å². The predicted molar refractivity (Wildman–Crippen MR) is 78.7 cm³/mol. The molecule has 0 spiro atoms. The molecule has 20 heavy (non-hydrogen) atoms. The molecular formula is C16H19NO3. The van der Waals surface area contributed by atoms with E-state index in [0.717, 1.165) is 23.7 Å². The molecule has 0 radical (unpaired) electrons. The SMILES string of the molecule is CCCCOC(=O)CCn1c(=O)ccc2ccccc21. The van der Waals surface area contributed by atoms with Gasteiger partial charge < -0.3 is 9.30 Å². The number of carbonyl (C=O) groups is 1. The first-order valence-corrected chi connectivity index (χ1v) is 6.96. The van der Waals surface area contributed by atoms with E-state index in [0.29, 0.717) is 13.2 Å². The maximum atomic E-state index is 11.9.